The molecule has 2 aliphatic heterocycles. The minimum absolute atomic E-state index is 0.602. The lowest BCUT2D eigenvalue weighted by Crippen LogP contribution is -2.30. The molecule has 0 fully saturated rings. The summed E-state index contributed by atoms with van der Waals surface area (Å²) in [5.41, 5.74) is 7.18. The topological polar surface area (TPSA) is 15.3 Å². The molecule has 2 nitrogen and oxygen atoms in total. The Kier molecular flexibility index (Phi) is 3.10. The molecule has 1 atom stereocenters. The van der Waals surface area contributed by atoms with E-state index in [1.165, 1.54) is 40.9 Å². The highest BCUT2D eigenvalue weighted by Gasteiger charge is 2.19. The zero-order valence-corrected chi connectivity index (χ0v) is 12.6. The van der Waals surface area contributed by atoms with Crippen molar-refractivity contribution < 1.29 is 0 Å². The van der Waals surface area contributed by atoms with E-state index in [1.54, 1.807) is 0 Å². The average molecular weight is 278 g/mol. The molecule has 1 N–H and O–H groups in total. The molecule has 1 unspecified atom stereocenters. The van der Waals surface area contributed by atoms with E-state index in [4.69, 9.17) is 0 Å². The van der Waals surface area contributed by atoms with Crippen LogP contribution in [0.1, 0.15) is 30.0 Å². The highest BCUT2D eigenvalue weighted by molar-refractivity contribution is 5.62. The van der Waals surface area contributed by atoms with Crippen LogP contribution in [-0.4, -0.2) is 12.6 Å². The molecule has 0 amide bonds. The summed E-state index contributed by atoms with van der Waals surface area (Å²) in [4.78, 5) is 2.51. The summed E-state index contributed by atoms with van der Waals surface area (Å²) in [5, 5.41) is 3.59. The van der Waals surface area contributed by atoms with E-state index in [1.807, 2.05) is 0 Å². The van der Waals surface area contributed by atoms with E-state index in [-0.39, 0.29) is 0 Å². The van der Waals surface area contributed by atoms with Gasteiger partial charge in [0.15, 0.2) is 0 Å². The van der Waals surface area contributed by atoms with E-state index in [0.29, 0.717) is 6.04 Å². The maximum atomic E-state index is 3.59. The van der Waals surface area contributed by atoms with Gasteiger partial charge in [0, 0.05) is 30.5 Å². The van der Waals surface area contributed by atoms with Crippen molar-refractivity contribution in [2.75, 3.05) is 16.8 Å². The minimum Gasteiger partial charge on any atom is -0.382 e. The molecule has 4 rings (SSSR count). The molecule has 2 aromatic rings. The first-order valence-electron chi connectivity index (χ1n) is 8.01. The number of nitrogens with one attached hydrogen (secondary N) is 1. The number of nitrogens with zero attached hydrogens (tertiary/aromatic N) is 1. The number of benzene rings is 2. The van der Waals surface area contributed by atoms with Crippen LogP contribution in [-0.2, 0) is 19.4 Å². The predicted octanol–water partition coefficient (Wildman–Crippen LogP) is 4.00. The summed E-state index contributed by atoms with van der Waals surface area (Å²) in [5.74, 6) is 0. The van der Waals surface area contributed by atoms with E-state index < -0.39 is 0 Å². The van der Waals surface area contributed by atoms with Crippen LogP contribution in [0.4, 0.5) is 11.4 Å². The van der Waals surface area contributed by atoms with E-state index >= 15 is 0 Å². The van der Waals surface area contributed by atoms with E-state index in [0.717, 1.165) is 19.5 Å². The van der Waals surface area contributed by atoms with Crippen molar-refractivity contribution in [2.24, 2.45) is 0 Å². The second-order valence-electron chi connectivity index (χ2n) is 6.37. The lowest BCUT2D eigenvalue weighted by Gasteiger charge is -2.32. The first-order chi connectivity index (χ1) is 10.3. The van der Waals surface area contributed by atoms with Crippen molar-refractivity contribution in [1.29, 1.82) is 0 Å². The molecular weight excluding hydrogens is 256 g/mol. The number of hydrogen-bond acceptors (Lipinski definition) is 2. The minimum atomic E-state index is 0.602. The number of hydrogen-bond donors (Lipinski definition) is 1. The molecule has 0 aliphatic carbocycles. The number of fused-ring (bicyclic) bond motifs is 2. The molecule has 0 radical (unpaired) electrons. The lowest BCUT2D eigenvalue weighted by molar-refractivity contribution is 0.679. The molecule has 2 aliphatic rings. The van der Waals surface area contributed by atoms with Gasteiger partial charge in [-0.15, -0.1) is 0 Å². The quantitative estimate of drug-likeness (QED) is 0.848. The Bertz CT molecular complexity index is 662. The first kappa shape index (κ1) is 12.8. The molecule has 0 spiro atoms. The summed E-state index contributed by atoms with van der Waals surface area (Å²) in [6.07, 6.45) is 3.59. The van der Waals surface area contributed by atoms with Gasteiger partial charge in [-0.25, -0.2) is 0 Å². The predicted molar refractivity (Wildman–Crippen MR) is 89.0 cm³/mol. The molecule has 0 bridgehead atoms. The van der Waals surface area contributed by atoms with E-state index in [9.17, 15) is 0 Å². The van der Waals surface area contributed by atoms with Crippen LogP contribution in [0, 0.1) is 0 Å². The molecule has 0 saturated carbocycles. The summed E-state index contributed by atoms with van der Waals surface area (Å²) in [6, 6.07) is 16.4. The SMILES string of the molecule is CC1CCc2cc(N3CCc4ccccc4C3)ccc2N1. The van der Waals surface area contributed by atoms with Crippen molar-refractivity contribution in [1.82, 2.24) is 0 Å². The standard InChI is InChI=1S/C19H22N2/c1-14-6-7-16-12-18(8-9-19(16)20-14)21-11-10-15-4-2-3-5-17(15)13-21/h2-5,8-9,12,14,20H,6-7,10-11,13H2,1H3. The van der Waals surface area contributed by atoms with Gasteiger partial charge in [-0.3, -0.25) is 0 Å². The summed E-state index contributed by atoms with van der Waals surface area (Å²) >= 11 is 0. The largest absolute Gasteiger partial charge is 0.382 e. The van der Waals surface area contributed by atoms with Crippen molar-refractivity contribution in [3.05, 3.63) is 59.2 Å². The van der Waals surface area contributed by atoms with Crippen LogP contribution in [0.25, 0.3) is 0 Å². The van der Waals surface area contributed by atoms with Crippen molar-refractivity contribution >= 4 is 11.4 Å². The van der Waals surface area contributed by atoms with Crippen LogP contribution >= 0.6 is 0 Å². The third-order valence-electron chi connectivity index (χ3n) is 4.83. The van der Waals surface area contributed by atoms with Crippen molar-refractivity contribution in [3.63, 3.8) is 0 Å². The fourth-order valence-corrected chi connectivity index (χ4v) is 3.55. The lowest BCUT2D eigenvalue weighted by atomic mass is 9.96. The summed E-state index contributed by atoms with van der Waals surface area (Å²) in [6.45, 7) is 4.43. The molecule has 2 aromatic carbocycles. The van der Waals surface area contributed by atoms with E-state index in [2.05, 4.69) is 59.6 Å². The molecule has 108 valence electrons. The van der Waals surface area contributed by atoms with Gasteiger partial charge in [0.1, 0.15) is 0 Å². The number of anilines is 2. The van der Waals surface area contributed by atoms with Gasteiger partial charge < -0.3 is 10.2 Å². The van der Waals surface area contributed by atoms with Gasteiger partial charge in [0.25, 0.3) is 0 Å². The Morgan fingerprint density at radius 2 is 1.86 bits per heavy atom. The van der Waals surface area contributed by atoms with Gasteiger partial charge in [-0.05, 0) is 61.1 Å². The van der Waals surface area contributed by atoms with Crippen LogP contribution in [0.5, 0.6) is 0 Å². The fraction of sp³-hybridized carbons (Fsp3) is 0.368. The second-order valence-corrected chi connectivity index (χ2v) is 6.37. The maximum absolute atomic E-state index is 3.59. The molecule has 0 aromatic heterocycles. The molecule has 2 heterocycles. The molecule has 2 heteroatoms. The Morgan fingerprint density at radius 1 is 1.00 bits per heavy atom. The zero-order valence-electron chi connectivity index (χ0n) is 12.6. The highest BCUT2D eigenvalue weighted by Crippen LogP contribution is 2.31. The summed E-state index contributed by atoms with van der Waals surface area (Å²) < 4.78 is 0. The Morgan fingerprint density at radius 3 is 2.76 bits per heavy atom. The van der Waals surface area contributed by atoms with Crippen LogP contribution in [0.2, 0.25) is 0 Å². The van der Waals surface area contributed by atoms with Gasteiger partial charge in [-0.1, -0.05) is 24.3 Å². The zero-order chi connectivity index (χ0) is 14.2. The summed E-state index contributed by atoms with van der Waals surface area (Å²) in [7, 11) is 0. The number of rotatable bonds is 1. The maximum Gasteiger partial charge on any atom is 0.0432 e. The third kappa shape index (κ3) is 2.39. The average Bonchev–Trinajstić information content (AvgIpc) is 2.54. The van der Waals surface area contributed by atoms with Crippen molar-refractivity contribution in [2.45, 2.75) is 38.8 Å². The molecule has 21 heavy (non-hydrogen) atoms. The normalized spacial score (nSPS) is 20.4. The Hall–Kier alpha value is -1.96. The molecular formula is C19H22N2. The second kappa shape index (κ2) is 5.10. The smallest absolute Gasteiger partial charge is 0.0432 e. The van der Waals surface area contributed by atoms with Crippen LogP contribution in [0.3, 0.4) is 0 Å². The van der Waals surface area contributed by atoms with Crippen LogP contribution < -0.4 is 10.2 Å². The number of aryl methyl sites for hydroxylation is 1. The Balaban J connectivity index is 1.61. The van der Waals surface area contributed by atoms with Gasteiger partial charge in [-0.2, -0.15) is 0 Å². The first-order valence-corrected chi connectivity index (χ1v) is 8.01. The van der Waals surface area contributed by atoms with Gasteiger partial charge in [0.2, 0.25) is 0 Å². The third-order valence-corrected chi connectivity index (χ3v) is 4.83. The monoisotopic (exact) mass is 278 g/mol. The van der Waals surface area contributed by atoms with Gasteiger partial charge >= 0.3 is 0 Å². The van der Waals surface area contributed by atoms with Gasteiger partial charge in [0.05, 0.1) is 0 Å². The highest BCUT2D eigenvalue weighted by atomic mass is 15.1. The fourth-order valence-electron chi connectivity index (χ4n) is 3.55. The Labute approximate surface area is 126 Å². The van der Waals surface area contributed by atoms with Crippen molar-refractivity contribution in [3.8, 4) is 0 Å². The molecule has 0 saturated heterocycles. The van der Waals surface area contributed by atoms with Crippen LogP contribution in [0.15, 0.2) is 42.5 Å².